The molecule has 0 radical (unpaired) electrons. The molecule has 2 N–H and O–H groups in total. The number of ketones is 1. The third-order valence-corrected chi connectivity index (χ3v) is 5.15. The van der Waals surface area contributed by atoms with Crippen molar-refractivity contribution in [3.05, 3.63) is 59.7 Å². The molecule has 2 aromatic carbocycles. The zero-order valence-electron chi connectivity index (χ0n) is 14.6. The molecule has 0 saturated carbocycles. The van der Waals surface area contributed by atoms with E-state index in [1.165, 1.54) is 0 Å². The predicted octanol–water partition coefficient (Wildman–Crippen LogP) is 3.92. The Morgan fingerprint density at radius 2 is 1.76 bits per heavy atom. The number of hydrogen-bond acceptors (Lipinski definition) is 3. The van der Waals surface area contributed by atoms with Crippen molar-refractivity contribution in [2.24, 2.45) is 0 Å². The first kappa shape index (κ1) is 16.1. The van der Waals surface area contributed by atoms with Crippen molar-refractivity contribution in [3.63, 3.8) is 0 Å². The number of thiocarbonyl (C=S) groups is 1. The third kappa shape index (κ3) is 2.59. The van der Waals surface area contributed by atoms with Crippen LogP contribution in [0.15, 0.2) is 48.5 Å². The number of benzene rings is 2. The lowest BCUT2D eigenvalue weighted by molar-refractivity contribution is 0.103. The minimum absolute atomic E-state index is 0.0215. The van der Waals surface area contributed by atoms with Crippen LogP contribution >= 0.6 is 12.2 Å². The number of carbonyl (C=O) groups excluding carboxylic acids is 1. The largest absolute Gasteiger partial charge is 0.361 e. The standard InChI is InChI=1S/C20H21N3OS/c1-19(2)12-20(3)21-15-10-9-14(11-16(15)23(20)18(25)22-19)17(24)13-7-5-4-6-8-13/h4-11,21H,12H2,1-3H3,(H,22,25). The number of carbonyl (C=O) groups is 1. The number of hydrogen-bond donors (Lipinski definition) is 2. The van der Waals surface area contributed by atoms with Gasteiger partial charge in [0, 0.05) is 23.1 Å². The Hall–Kier alpha value is -2.40. The molecule has 0 aliphatic carbocycles. The molecular formula is C20H21N3OS. The van der Waals surface area contributed by atoms with E-state index in [-0.39, 0.29) is 17.0 Å². The molecule has 2 aliphatic rings. The van der Waals surface area contributed by atoms with Gasteiger partial charge < -0.3 is 10.6 Å². The van der Waals surface area contributed by atoms with Gasteiger partial charge in [0.25, 0.3) is 0 Å². The molecule has 1 saturated heterocycles. The van der Waals surface area contributed by atoms with Gasteiger partial charge in [-0.15, -0.1) is 0 Å². The van der Waals surface area contributed by atoms with Crippen molar-refractivity contribution < 1.29 is 4.79 Å². The van der Waals surface area contributed by atoms with Crippen molar-refractivity contribution in [1.29, 1.82) is 0 Å². The minimum atomic E-state index is -0.289. The van der Waals surface area contributed by atoms with Crippen molar-refractivity contribution >= 4 is 34.5 Å². The van der Waals surface area contributed by atoms with Crippen molar-refractivity contribution in [1.82, 2.24) is 5.32 Å². The lowest BCUT2D eigenvalue weighted by atomic mass is 9.89. The van der Waals surface area contributed by atoms with Gasteiger partial charge in [-0.3, -0.25) is 9.69 Å². The van der Waals surface area contributed by atoms with Gasteiger partial charge in [-0.2, -0.15) is 0 Å². The normalized spacial score (nSPS) is 23.3. The molecule has 1 unspecified atom stereocenters. The molecule has 0 amide bonds. The third-order valence-electron chi connectivity index (χ3n) is 4.87. The molecule has 0 spiro atoms. The quantitative estimate of drug-likeness (QED) is 0.634. The van der Waals surface area contributed by atoms with Crippen LogP contribution in [0.2, 0.25) is 0 Å². The zero-order chi connectivity index (χ0) is 17.8. The second-order valence-electron chi connectivity index (χ2n) is 7.65. The first-order chi connectivity index (χ1) is 11.8. The maximum absolute atomic E-state index is 12.8. The Bertz CT molecular complexity index is 878. The fourth-order valence-corrected chi connectivity index (χ4v) is 4.61. The van der Waals surface area contributed by atoms with E-state index in [1.807, 2.05) is 48.5 Å². The van der Waals surface area contributed by atoms with Crippen LogP contribution in [0.1, 0.15) is 43.1 Å². The van der Waals surface area contributed by atoms with Crippen LogP contribution < -0.4 is 15.5 Å². The molecule has 0 bridgehead atoms. The molecule has 2 heterocycles. The van der Waals surface area contributed by atoms with Crippen molar-refractivity contribution in [3.8, 4) is 0 Å². The number of nitrogens with one attached hydrogen (secondary N) is 2. The van der Waals surface area contributed by atoms with E-state index in [4.69, 9.17) is 12.2 Å². The maximum atomic E-state index is 12.8. The van der Waals surface area contributed by atoms with Gasteiger partial charge in [-0.05, 0) is 51.2 Å². The van der Waals surface area contributed by atoms with Gasteiger partial charge in [-0.25, -0.2) is 0 Å². The minimum Gasteiger partial charge on any atom is -0.361 e. The molecule has 25 heavy (non-hydrogen) atoms. The second-order valence-corrected chi connectivity index (χ2v) is 8.04. The van der Waals surface area contributed by atoms with Crippen LogP contribution in [0.3, 0.4) is 0 Å². The topological polar surface area (TPSA) is 44.4 Å². The average Bonchev–Trinajstić information content (AvgIpc) is 2.84. The Morgan fingerprint density at radius 1 is 1.04 bits per heavy atom. The lowest BCUT2D eigenvalue weighted by Crippen LogP contribution is -2.67. The molecule has 2 aromatic rings. The van der Waals surface area contributed by atoms with Crippen LogP contribution in [0.25, 0.3) is 0 Å². The highest BCUT2D eigenvalue weighted by atomic mass is 32.1. The van der Waals surface area contributed by atoms with Crippen LogP contribution in [0.5, 0.6) is 0 Å². The van der Waals surface area contributed by atoms with Gasteiger partial charge in [0.05, 0.1) is 11.4 Å². The molecule has 4 nitrogen and oxygen atoms in total. The number of fused-ring (bicyclic) bond motifs is 3. The first-order valence-corrected chi connectivity index (χ1v) is 8.84. The summed E-state index contributed by atoms with van der Waals surface area (Å²) in [6.45, 7) is 6.45. The van der Waals surface area contributed by atoms with Crippen LogP contribution in [0, 0.1) is 0 Å². The highest BCUT2D eigenvalue weighted by Gasteiger charge is 2.49. The summed E-state index contributed by atoms with van der Waals surface area (Å²) in [7, 11) is 0. The van der Waals surface area contributed by atoms with Gasteiger partial charge in [-0.1, -0.05) is 30.3 Å². The molecule has 4 rings (SSSR count). The molecule has 128 valence electrons. The molecule has 1 atom stereocenters. The summed E-state index contributed by atoms with van der Waals surface area (Å²) in [4.78, 5) is 14.9. The highest BCUT2D eigenvalue weighted by Crippen LogP contribution is 2.46. The summed E-state index contributed by atoms with van der Waals surface area (Å²) in [5, 5.41) is 7.69. The van der Waals surface area contributed by atoms with E-state index in [1.54, 1.807) is 0 Å². The summed E-state index contributed by atoms with van der Waals surface area (Å²) in [6, 6.07) is 15.1. The maximum Gasteiger partial charge on any atom is 0.193 e. The average molecular weight is 351 g/mol. The van der Waals surface area contributed by atoms with Gasteiger partial charge in [0.15, 0.2) is 10.9 Å². The van der Waals surface area contributed by atoms with Crippen molar-refractivity contribution in [2.45, 2.75) is 38.4 Å². The van der Waals surface area contributed by atoms with Crippen LogP contribution in [-0.4, -0.2) is 22.1 Å². The summed E-state index contributed by atoms with van der Waals surface area (Å²) in [5.41, 5.74) is 2.95. The SMILES string of the molecule is CC1(C)CC2(C)Nc3ccc(C(=O)c4ccccc4)cc3N2C(=S)N1. The highest BCUT2D eigenvalue weighted by molar-refractivity contribution is 7.80. The van der Waals surface area contributed by atoms with E-state index in [9.17, 15) is 4.79 Å². The van der Waals surface area contributed by atoms with E-state index >= 15 is 0 Å². The molecular weight excluding hydrogens is 330 g/mol. The monoisotopic (exact) mass is 351 g/mol. The summed E-state index contributed by atoms with van der Waals surface area (Å²) in [6.07, 6.45) is 0.886. The van der Waals surface area contributed by atoms with Crippen molar-refractivity contribution in [2.75, 3.05) is 10.2 Å². The molecule has 2 aliphatic heterocycles. The molecule has 0 aromatic heterocycles. The Morgan fingerprint density at radius 3 is 2.48 bits per heavy atom. The summed E-state index contributed by atoms with van der Waals surface area (Å²) >= 11 is 5.63. The van der Waals surface area contributed by atoms with E-state index in [0.717, 1.165) is 17.8 Å². The first-order valence-electron chi connectivity index (χ1n) is 8.43. The van der Waals surface area contributed by atoms with E-state index in [2.05, 4.69) is 36.3 Å². The second kappa shape index (κ2) is 5.30. The summed E-state index contributed by atoms with van der Waals surface area (Å²) in [5.74, 6) is 0.0215. The zero-order valence-corrected chi connectivity index (χ0v) is 15.4. The fraction of sp³-hybridized carbons (Fsp3) is 0.300. The van der Waals surface area contributed by atoms with Gasteiger partial charge >= 0.3 is 0 Å². The Labute approximate surface area is 153 Å². The summed E-state index contributed by atoms with van der Waals surface area (Å²) < 4.78 is 0. The molecule has 1 fully saturated rings. The lowest BCUT2D eigenvalue weighted by Gasteiger charge is -2.48. The van der Waals surface area contributed by atoms with Crippen LogP contribution in [0.4, 0.5) is 11.4 Å². The van der Waals surface area contributed by atoms with Gasteiger partial charge in [0.1, 0.15) is 5.66 Å². The Kier molecular flexibility index (Phi) is 3.41. The predicted molar refractivity (Wildman–Crippen MR) is 105 cm³/mol. The smallest absolute Gasteiger partial charge is 0.193 e. The van der Waals surface area contributed by atoms with E-state index in [0.29, 0.717) is 16.2 Å². The number of anilines is 2. The van der Waals surface area contributed by atoms with E-state index < -0.39 is 0 Å². The van der Waals surface area contributed by atoms with Gasteiger partial charge in [0.2, 0.25) is 0 Å². The number of rotatable bonds is 2. The fourth-order valence-electron chi connectivity index (χ4n) is 4.04. The molecule has 5 heteroatoms. The Balaban J connectivity index is 1.74. The van der Waals surface area contributed by atoms with Crippen LogP contribution in [-0.2, 0) is 0 Å². The number of nitrogens with zero attached hydrogens (tertiary/aromatic N) is 1.